The quantitative estimate of drug-likeness (QED) is 0.0671. The number of hydrogen-bond acceptors (Lipinski definition) is 26. The molecule has 0 aromatic carbocycles. The zero-order valence-electron chi connectivity index (χ0n) is 49.3. The topological polar surface area (TPSA) is 394 Å². The number of allylic oxidation sites excluding steroid dienone is 1. The van der Waals surface area contributed by atoms with Crippen molar-refractivity contribution in [3.05, 3.63) is 11.6 Å². The molecule has 0 spiro atoms. The molecule has 84 heavy (non-hydrogen) atoms. The highest BCUT2D eigenvalue weighted by Crippen LogP contribution is 2.70. The van der Waals surface area contributed by atoms with E-state index in [1.165, 1.54) is 26.3 Å². The van der Waals surface area contributed by atoms with Crippen LogP contribution in [0.25, 0.3) is 0 Å². The Labute approximate surface area is 489 Å². The Kier molecular flexibility index (Phi) is 20.1. The minimum absolute atomic E-state index is 0.000235. The third kappa shape index (κ3) is 11.8. The third-order valence-corrected chi connectivity index (χ3v) is 21.8. The second kappa shape index (κ2) is 25.8. The van der Waals surface area contributed by atoms with E-state index < -0.39 is 179 Å². The number of aliphatic hydroxyl groups excluding tert-OH is 14. The molecule has 3 saturated carbocycles. The van der Waals surface area contributed by atoms with E-state index in [-0.39, 0.29) is 41.3 Å². The van der Waals surface area contributed by atoms with Crippen LogP contribution in [0.3, 0.4) is 0 Å². The monoisotopic (exact) mass is 1210 g/mol. The zero-order valence-corrected chi connectivity index (χ0v) is 49.3. The molecule has 26 nitrogen and oxygen atoms in total. The molecule has 9 fully saturated rings. The molecule has 6 aliphatic heterocycles. The molecule has 36 atom stereocenters. The maximum Gasteiger partial charge on any atom is 0.187 e. The van der Waals surface area contributed by atoms with Gasteiger partial charge >= 0.3 is 0 Å². The lowest BCUT2D eigenvalue weighted by Crippen LogP contribution is -2.67. The highest BCUT2D eigenvalue weighted by molar-refractivity contribution is 5.26. The molecule has 0 unspecified atom stereocenters. The van der Waals surface area contributed by atoms with Crippen LogP contribution < -0.4 is 0 Å². The average Bonchev–Trinajstić information content (AvgIpc) is 1.99. The molecule has 0 radical (unpaired) electrons. The Balaban J connectivity index is 0.792. The summed E-state index contributed by atoms with van der Waals surface area (Å²) >= 11 is 0. The summed E-state index contributed by atoms with van der Waals surface area (Å²) in [5.41, 5.74) is 1.09. The van der Waals surface area contributed by atoms with Gasteiger partial charge in [0.25, 0.3) is 0 Å². The minimum Gasteiger partial charge on any atom is -0.394 e. The van der Waals surface area contributed by atoms with Crippen molar-refractivity contribution in [1.82, 2.24) is 0 Å². The minimum atomic E-state index is -1.88. The fraction of sp³-hybridized carbons (Fsp3) is 0.966. The van der Waals surface area contributed by atoms with Crippen LogP contribution in [0.2, 0.25) is 0 Å². The number of rotatable bonds is 17. The Morgan fingerprint density at radius 1 is 0.571 bits per heavy atom. The zero-order chi connectivity index (χ0) is 60.8. The van der Waals surface area contributed by atoms with Crippen molar-refractivity contribution in [2.24, 2.45) is 46.3 Å². The van der Waals surface area contributed by atoms with Crippen LogP contribution in [-0.2, 0) is 56.8 Å². The van der Waals surface area contributed by atoms with E-state index in [9.17, 15) is 71.5 Å². The fourth-order valence-corrected chi connectivity index (χ4v) is 16.7. The Morgan fingerprint density at radius 2 is 1.13 bits per heavy atom. The van der Waals surface area contributed by atoms with Gasteiger partial charge in [-0.3, -0.25) is 0 Å². The van der Waals surface area contributed by atoms with Gasteiger partial charge in [0.05, 0.1) is 50.3 Å². The number of hydrogen-bond donors (Lipinski definition) is 14. The lowest BCUT2D eigenvalue weighted by atomic mass is 9.47. The number of methoxy groups -OCH3 is 1. The first-order valence-corrected chi connectivity index (χ1v) is 30.5. The van der Waals surface area contributed by atoms with Gasteiger partial charge in [-0.25, -0.2) is 0 Å². The van der Waals surface area contributed by atoms with E-state index in [0.717, 1.165) is 32.1 Å². The molecule has 6 saturated heterocycles. The molecule has 0 aromatic heterocycles. The van der Waals surface area contributed by atoms with Crippen molar-refractivity contribution in [2.45, 2.75) is 278 Å². The van der Waals surface area contributed by atoms with Gasteiger partial charge in [-0.05, 0) is 113 Å². The summed E-state index contributed by atoms with van der Waals surface area (Å²) in [7, 11) is 1.71. The summed E-state index contributed by atoms with van der Waals surface area (Å²) in [5.74, 6) is 0.707. The number of fused-ring (bicyclic) bond motifs is 7. The average molecular weight is 1210 g/mol. The Bertz CT molecular complexity index is 2220. The van der Waals surface area contributed by atoms with E-state index >= 15 is 0 Å². The maximum atomic E-state index is 12.3. The largest absolute Gasteiger partial charge is 0.394 e. The normalized spacial score (nSPS) is 55.3. The predicted octanol–water partition coefficient (Wildman–Crippen LogP) is -2.47. The molecular formula is C58H96O26. The first-order valence-electron chi connectivity index (χ1n) is 30.5. The van der Waals surface area contributed by atoms with Gasteiger partial charge in [-0.2, -0.15) is 0 Å². The van der Waals surface area contributed by atoms with Crippen molar-refractivity contribution in [1.29, 1.82) is 0 Å². The van der Waals surface area contributed by atoms with E-state index in [1.54, 1.807) is 7.11 Å². The van der Waals surface area contributed by atoms with Crippen molar-refractivity contribution in [3.63, 3.8) is 0 Å². The molecule has 0 aromatic rings. The Hall–Kier alpha value is -1.30. The summed E-state index contributed by atoms with van der Waals surface area (Å²) in [6, 6.07) is 0. The van der Waals surface area contributed by atoms with Crippen LogP contribution in [0.1, 0.15) is 106 Å². The van der Waals surface area contributed by atoms with Gasteiger partial charge in [-0.15, -0.1) is 0 Å². The van der Waals surface area contributed by atoms with Crippen molar-refractivity contribution in [2.75, 3.05) is 26.9 Å². The second-order valence-electron chi connectivity index (χ2n) is 26.8. The van der Waals surface area contributed by atoms with Gasteiger partial charge in [0, 0.05) is 19.4 Å². The summed E-state index contributed by atoms with van der Waals surface area (Å²) < 4.78 is 73.6. The molecule has 14 N–H and O–H groups in total. The van der Waals surface area contributed by atoms with Crippen LogP contribution in [0.5, 0.6) is 0 Å². The van der Waals surface area contributed by atoms with Gasteiger partial charge in [0.1, 0.15) is 104 Å². The molecule has 10 rings (SSSR count). The van der Waals surface area contributed by atoms with Crippen LogP contribution in [0, 0.1) is 46.3 Å². The summed E-state index contributed by atoms with van der Waals surface area (Å²) in [6.07, 6.45) is -28.2. The van der Waals surface area contributed by atoms with E-state index in [4.69, 9.17) is 56.8 Å². The van der Waals surface area contributed by atoms with Crippen molar-refractivity contribution >= 4 is 0 Å². The molecule has 484 valence electrons. The fourth-order valence-electron chi connectivity index (χ4n) is 16.7. The summed E-state index contributed by atoms with van der Waals surface area (Å²) in [5, 5.41) is 150. The number of aliphatic hydroxyl groups is 14. The van der Waals surface area contributed by atoms with Crippen LogP contribution in [0.4, 0.5) is 0 Å². The van der Waals surface area contributed by atoms with Crippen LogP contribution in [-0.4, -0.2) is 270 Å². The van der Waals surface area contributed by atoms with E-state index in [0.29, 0.717) is 43.4 Å². The molecule has 10 aliphatic rings. The van der Waals surface area contributed by atoms with Gasteiger partial charge < -0.3 is 128 Å². The molecule has 0 bridgehead atoms. The van der Waals surface area contributed by atoms with Gasteiger partial charge in [0.2, 0.25) is 0 Å². The van der Waals surface area contributed by atoms with Crippen LogP contribution in [0.15, 0.2) is 11.6 Å². The second-order valence-corrected chi connectivity index (χ2v) is 26.8. The molecule has 0 amide bonds. The highest BCUT2D eigenvalue weighted by atomic mass is 16.8. The molecule has 6 heterocycles. The number of ether oxygens (including phenoxy) is 12. The highest BCUT2D eigenvalue weighted by Gasteiger charge is 2.69. The SMILES string of the molecule is CO[C@]1(CC[C@@H](C)CO[C@@H]2O[C@H](CO)[C@@H](O)[C@H](O)[C@H]2O)O[C@H]2C[C@H]3[C@@H]4CC=C5C[C@@H](O[C@@H]6O[C@H](CO)[C@@H](O[C@@H]7O[C@@H](C)[C@H](O[C@@H]8O[C@@H](C)[C@H](O)[C@@H](O)[C@H]8O)[C@@H](O)[C@H]7O)[C@H](O)[C@H]6O[C@@H]6O[C@@H](C)[C@H](O)[C@@H](O)[C@H]6O)CC[C@]5(C)[C@H]4CC[C@]3(C)[C@H]2[C@@H]1C. The van der Waals surface area contributed by atoms with Crippen molar-refractivity contribution in [3.8, 4) is 0 Å². The summed E-state index contributed by atoms with van der Waals surface area (Å²) in [4.78, 5) is 0. The van der Waals surface area contributed by atoms with Gasteiger partial charge in [-0.1, -0.05) is 39.3 Å². The van der Waals surface area contributed by atoms with Crippen LogP contribution >= 0.6 is 0 Å². The maximum absolute atomic E-state index is 12.3. The van der Waals surface area contributed by atoms with Gasteiger partial charge in [0.15, 0.2) is 37.2 Å². The summed E-state index contributed by atoms with van der Waals surface area (Å²) in [6.45, 7) is 12.4. The van der Waals surface area contributed by atoms with E-state index in [1.807, 2.05) is 6.92 Å². The standard InChI is InChI=1S/C58H96O26/c1-22(21-74-51-43(68)41(66)38(63)33(19-59)79-51)11-16-58(73-8)23(2)35-32(84-58)18-31-29-10-9-27-17-28(12-14-56(27,6)30(29)13-15-57(31,35)7)78-55-50(83-53-45(70)40(65)37(62)25(4)76-53)47(72)49(34(20-60)80-55)82-54-46(71)42(67)48(26(5)77-54)81-52-44(69)39(64)36(61)24(3)75-52/h9,22-26,28-55,59-72H,10-21H2,1-8H3/t22-,23+,24+,25+,26+,28+,29-,30+,31+,32+,33-,34-,35+,36+,37+,38-,39-,40-,41+,42+,43-,44-,45-,46-,47+,48+,49-,50-,51-,52+,53+,54+,55-,56+,57+,58-/m1/s1. The van der Waals surface area contributed by atoms with E-state index in [2.05, 4.69) is 26.8 Å². The van der Waals surface area contributed by atoms with Crippen molar-refractivity contribution < 1.29 is 128 Å². The third-order valence-electron chi connectivity index (χ3n) is 21.8. The molecular weight excluding hydrogens is 1110 g/mol. The lowest BCUT2D eigenvalue weighted by Gasteiger charge is -2.58. The Morgan fingerprint density at radius 3 is 1.75 bits per heavy atom. The first kappa shape index (κ1) is 65.6. The first-order chi connectivity index (χ1) is 39.7. The smallest absolute Gasteiger partial charge is 0.187 e. The predicted molar refractivity (Wildman–Crippen MR) is 285 cm³/mol. The molecule has 4 aliphatic carbocycles. The molecule has 26 heteroatoms. The lowest BCUT2D eigenvalue weighted by molar-refractivity contribution is -0.394.